The average molecular weight is 221 g/mol. The fourth-order valence-corrected chi connectivity index (χ4v) is 1.60. The van der Waals surface area contributed by atoms with Crippen molar-refractivity contribution in [2.45, 2.75) is 19.4 Å². The second-order valence-corrected chi connectivity index (χ2v) is 4.15. The molecule has 1 unspecified atom stereocenters. The number of carbonyl (C=O) groups excluding carboxylic acids is 1. The number of aliphatic hydroxyl groups is 1. The minimum atomic E-state index is -0.350. The zero-order valence-corrected chi connectivity index (χ0v) is 9.89. The van der Waals surface area contributed by atoms with E-state index in [0.717, 1.165) is 5.56 Å². The summed E-state index contributed by atoms with van der Waals surface area (Å²) in [5, 5.41) is 9.18. The number of Topliss-reactive ketones (excluding diaryl/α,β-unsaturated/α-hetero) is 1. The van der Waals surface area contributed by atoms with Gasteiger partial charge >= 0.3 is 0 Å². The minimum absolute atomic E-state index is 0.151. The lowest BCUT2D eigenvalue weighted by atomic mass is 10.1. The van der Waals surface area contributed by atoms with Gasteiger partial charge in [0.2, 0.25) is 0 Å². The van der Waals surface area contributed by atoms with Gasteiger partial charge in [0.1, 0.15) is 0 Å². The Morgan fingerprint density at radius 1 is 1.38 bits per heavy atom. The summed E-state index contributed by atoms with van der Waals surface area (Å²) < 4.78 is 0. The minimum Gasteiger partial charge on any atom is -0.392 e. The van der Waals surface area contributed by atoms with E-state index in [9.17, 15) is 9.90 Å². The van der Waals surface area contributed by atoms with Gasteiger partial charge in [0, 0.05) is 25.1 Å². The largest absolute Gasteiger partial charge is 0.392 e. The summed E-state index contributed by atoms with van der Waals surface area (Å²) in [5.74, 6) is 0.151. The molecule has 0 aliphatic rings. The van der Waals surface area contributed by atoms with Crippen LogP contribution in [0.2, 0.25) is 0 Å². The molecular weight excluding hydrogens is 202 g/mol. The van der Waals surface area contributed by atoms with Gasteiger partial charge in [-0.3, -0.25) is 4.79 Å². The van der Waals surface area contributed by atoms with Crippen LogP contribution in [0.25, 0.3) is 0 Å². The van der Waals surface area contributed by atoms with E-state index in [2.05, 4.69) is 0 Å². The number of nitrogens with zero attached hydrogens (tertiary/aromatic N) is 1. The molecule has 3 heteroatoms. The van der Waals surface area contributed by atoms with Crippen molar-refractivity contribution in [1.82, 2.24) is 4.90 Å². The zero-order chi connectivity index (χ0) is 12.0. The van der Waals surface area contributed by atoms with Gasteiger partial charge in [0.05, 0.1) is 6.10 Å². The van der Waals surface area contributed by atoms with Crippen molar-refractivity contribution in [3.8, 4) is 0 Å². The van der Waals surface area contributed by atoms with E-state index < -0.39 is 0 Å². The Morgan fingerprint density at radius 2 is 2.00 bits per heavy atom. The SMILES string of the molecule is CC(O)CN(C)CCC(=O)c1ccccc1. The Bertz CT molecular complexity index is 322. The number of aliphatic hydroxyl groups excluding tert-OH is 1. The summed E-state index contributed by atoms with van der Waals surface area (Å²) in [7, 11) is 1.91. The van der Waals surface area contributed by atoms with Gasteiger partial charge in [-0.15, -0.1) is 0 Å². The number of carbonyl (C=O) groups is 1. The summed E-state index contributed by atoms with van der Waals surface area (Å²) in [5.41, 5.74) is 0.757. The maximum atomic E-state index is 11.7. The van der Waals surface area contributed by atoms with Gasteiger partial charge in [0.25, 0.3) is 0 Å². The summed E-state index contributed by atoms with van der Waals surface area (Å²) in [6.07, 6.45) is 0.143. The van der Waals surface area contributed by atoms with E-state index in [0.29, 0.717) is 19.5 Å². The molecule has 0 radical (unpaired) electrons. The maximum Gasteiger partial charge on any atom is 0.164 e. The van der Waals surface area contributed by atoms with Crippen LogP contribution in [-0.4, -0.2) is 42.0 Å². The Hall–Kier alpha value is -1.19. The highest BCUT2D eigenvalue weighted by Gasteiger charge is 2.08. The molecule has 1 rings (SSSR count). The summed E-state index contributed by atoms with van der Waals surface area (Å²) in [6, 6.07) is 9.30. The third-order valence-electron chi connectivity index (χ3n) is 2.39. The van der Waals surface area contributed by atoms with E-state index in [1.54, 1.807) is 6.92 Å². The molecule has 0 bridgehead atoms. The quantitative estimate of drug-likeness (QED) is 0.741. The molecule has 1 aromatic carbocycles. The Labute approximate surface area is 96.7 Å². The average Bonchev–Trinajstić information content (AvgIpc) is 2.26. The van der Waals surface area contributed by atoms with Gasteiger partial charge in [-0.05, 0) is 14.0 Å². The van der Waals surface area contributed by atoms with E-state index in [1.807, 2.05) is 42.3 Å². The maximum absolute atomic E-state index is 11.7. The van der Waals surface area contributed by atoms with Crippen molar-refractivity contribution < 1.29 is 9.90 Å². The Morgan fingerprint density at radius 3 is 2.56 bits per heavy atom. The van der Waals surface area contributed by atoms with Crippen LogP contribution in [0.15, 0.2) is 30.3 Å². The third kappa shape index (κ3) is 4.55. The molecule has 0 saturated carbocycles. The first-order valence-electron chi connectivity index (χ1n) is 5.54. The molecule has 88 valence electrons. The molecule has 0 spiro atoms. The van der Waals surface area contributed by atoms with E-state index >= 15 is 0 Å². The number of benzene rings is 1. The predicted octanol–water partition coefficient (Wildman–Crippen LogP) is 1.57. The molecular formula is C13H19NO2. The fraction of sp³-hybridized carbons (Fsp3) is 0.462. The zero-order valence-electron chi connectivity index (χ0n) is 9.89. The van der Waals surface area contributed by atoms with Crippen molar-refractivity contribution >= 4 is 5.78 Å². The van der Waals surface area contributed by atoms with Gasteiger partial charge in [-0.25, -0.2) is 0 Å². The third-order valence-corrected chi connectivity index (χ3v) is 2.39. The molecule has 16 heavy (non-hydrogen) atoms. The first-order chi connectivity index (χ1) is 7.59. The summed E-state index contributed by atoms with van der Waals surface area (Å²) >= 11 is 0. The molecule has 0 fully saturated rings. The first-order valence-corrected chi connectivity index (χ1v) is 5.54. The standard InChI is InChI=1S/C13H19NO2/c1-11(15)10-14(2)9-8-13(16)12-6-4-3-5-7-12/h3-7,11,15H,8-10H2,1-2H3. The molecule has 0 aliphatic carbocycles. The van der Waals surface area contributed by atoms with Crippen LogP contribution < -0.4 is 0 Å². The van der Waals surface area contributed by atoms with Gasteiger partial charge in [0.15, 0.2) is 5.78 Å². The highest BCUT2D eigenvalue weighted by Crippen LogP contribution is 2.03. The lowest BCUT2D eigenvalue weighted by Crippen LogP contribution is -2.29. The smallest absolute Gasteiger partial charge is 0.164 e. The molecule has 0 heterocycles. The Balaban J connectivity index is 2.36. The number of hydrogen-bond donors (Lipinski definition) is 1. The van der Waals surface area contributed by atoms with Crippen molar-refractivity contribution in [3.63, 3.8) is 0 Å². The lowest BCUT2D eigenvalue weighted by Gasteiger charge is -2.17. The second kappa shape index (κ2) is 6.40. The number of ketones is 1. The topological polar surface area (TPSA) is 40.5 Å². The summed E-state index contributed by atoms with van der Waals surface area (Å²) in [4.78, 5) is 13.7. The molecule has 0 saturated heterocycles. The van der Waals surface area contributed by atoms with Gasteiger partial charge in [-0.2, -0.15) is 0 Å². The highest BCUT2D eigenvalue weighted by atomic mass is 16.3. The molecule has 0 amide bonds. The normalized spacial score (nSPS) is 12.8. The first kappa shape index (κ1) is 12.9. The summed E-state index contributed by atoms with van der Waals surface area (Å²) in [6.45, 7) is 3.02. The van der Waals surface area contributed by atoms with Crippen molar-refractivity contribution in [2.75, 3.05) is 20.1 Å². The van der Waals surface area contributed by atoms with Crippen LogP contribution in [-0.2, 0) is 0 Å². The van der Waals surface area contributed by atoms with Crippen molar-refractivity contribution in [1.29, 1.82) is 0 Å². The molecule has 1 N–H and O–H groups in total. The van der Waals surface area contributed by atoms with E-state index in [1.165, 1.54) is 0 Å². The molecule has 1 aromatic rings. The number of hydrogen-bond acceptors (Lipinski definition) is 3. The second-order valence-electron chi connectivity index (χ2n) is 4.15. The molecule has 1 atom stereocenters. The fourth-order valence-electron chi connectivity index (χ4n) is 1.60. The number of rotatable bonds is 6. The van der Waals surface area contributed by atoms with E-state index in [-0.39, 0.29) is 11.9 Å². The number of likely N-dealkylation sites (N-methyl/N-ethyl adjacent to an activating group) is 1. The van der Waals surface area contributed by atoms with Crippen LogP contribution in [0.5, 0.6) is 0 Å². The van der Waals surface area contributed by atoms with Gasteiger partial charge in [-0.1, -0.05) is 30.3 Å². The highest BCUT2D eigenvalue weighted by molar-refractivity contribution is 5.96. The lowest BCUT2D eigenvalue weighted by molar-refractivity contribution is 0.0948. The molecule has 0 aromatic heterocycles. The van der Waals surface area contributed by atoms with Crippen molar-refractivity contribution in [3.05, 3.63) is 35.9 Å². The molecule has 0 aliphatic heterocycles. The van der Waals surface area contributed by atoms with E-state index in [4.69, 9.17) is 0 Å². The molecule has 3 nitrogen and oxygen atoms in total. The Kier molecular flexibility index (Phi) is 5.15. The van der Waals surface area contributed by atoms with Crippen LogP contribution >= 0.6 is 0 Å². The van der Waals surface area contributed by atoms with Gasteiger partial charge < -0.3 is 10.0 Å². The van der Waals surface area contributed by atoms with Crippen LogP contribution in [0.3, 0.4) is 0 Å². The van der Waals surface area contributed by atoms with Crippen LogP contribution in [0, 0.1) is 0 Å². The van der Waals surface area contributed by atoms with Crippen LogP contribution in [0.1, 0.15) is 23.7 Å². The van der Waals surface area contributed by atoms with Crippen molar-refractivity contribution in [2.24, 2.45) is 0 Å². The predicted molar refractivity (Wildman–Crippen MR) is 64.6 cm³/mol. The van der Waals surface area contributed by atoms with Crippen LogP contribution in [0.4, 0.5) is 0 Å². The monoisotopic (exact) mass is 221 g/mol.